The van der Waals surface area contributed by atoms with E-state index in [0.717, 1.165) is 0 Å². The lowest BCUT2D eigenvalue weighted by Crippen LogP contribution is -1.96. The number of carbonyl (C=O) groups excluding carboxylic acids is 1. The first-order valence-corrected chi connectivity index (χ1v) is 6.67. The van der Waals surface area contributed by atoms with E-state index in [1.165, 1.54) is 17.4 Å². The van der Waals surface area contributed by atoms with Crippen molar-refractivity contribution in [2.75, 3.05) is 0 Å². The number of rotatable bonds is 3. The molecular weight excluding hydrogens is 302 g/mol. The van der Waals surface area contributed by atoms with Crippen molar-refractivity contribution in [2.24, 2.45) is 0 Å². The number of nitro benzene ring substituents is 1. The molecular formula is C12H6ClN3O3S. The number of fused-ring (bicyclic) bond motifs is 1. The van der Waals surface area contributed by atoms with Crippen LogP contribution in [0.1, 0.15) is 10.5 Å². The second kappa shape index (κ2) is 4.69. The van der Waals surface area contributed by atoms with Crippen molar-refractivity contribution in [3.05, 3.63) is 51.3 Å². The Morgan fingerprint density at radius 3 is 2.95 bits per heavy atom. The highest BCUT2D eigenvalue weighted by atomic mass is 35.5. The Bertz CT molecular complexity index is 840. The zero-order valence-corrected chi connectivity index (χ0v) is 11.4. The number of aromatic nitrogens is 2. The number of hydrogen-bond donors (Lipinski definition) is 0. The molecule has 0 amide bonds. The van der Waals surface area contributed by atoms with E-state index in [-0.39, 0.29) is 16.2 Å². The Morgan fingerprint density at radius 1 is 1.45 bits per heavy atom. The van der Waals surface area contributed by atoms with Crippen molar-refractivity contribution in [3.8, 4) is 5.13 Å². The minimum atomic E-state index is -0.520. The number of halogens is 1. The van der Waals surface area contributed by atoms with Gasteiger partial charge in [0.1, 0.15) is 0 Å². The minimum Gasteiger partial charge on any atom is -0.296 e. The minimum absolute atomic E-state index is 0.144. The molecule has 20 heavy (non-hydrogen) atoms. The van der Waals surface area contributed by atoms with Crippen LogP contribution in [0.25, 0.3) is 15.3 Å². The predicted molar refractivity (Wildman–Crippen MR) is 76.0 cm³/mol. The zero-order valence-electron chi connectivity index (χ0n) is 9.82. The van der Waals surface area contributed by atoms with Gasteiger partial charge < -0.3 is 0 Å². The summed E-state index contributed by atoms with van der Waals surface area (Å²) in [4.78, 5) is 25.7. The molecule has 0 aliphatic rings. The van der Waals surface area contributed by atoms with Crippen LogP contribution in [0.2, 0.25) is 5.02 Å². The number of nitro groups is 1. The number of nitrogens with zero attached hydrogens (tertiary/aromatic N) is 3. The van der Waals surface area contributed by atoms with Crippen LogP contribution in [0.15, 0.2) is 30.5 Å². The fraction of sp³-hybridized carbons (Fsp3) is 0. The third kappa shape index (κ3) is 1.97. The van der Waals surface area contributed by atoms with Gasteiger partial charge in [-0.25, -0.2) is 4.98 Å². The molecule has 0 unspecified atom stereocenters. The summed E-state index contributed by atoms with van der Waals surface area (Å²) < 4.78 is 2.18. The largest absolute Gasteiger partial charge is 0.297 e. The molecule has 0 aliphatic heterocycles. The highest BCUT2D eigenvalue weighted by Crippen LogP contribution is 2.34. The van der Waals surface area contributed by atoms with E-state index in [4.69, 9.17) is 11.6 Å². The molecule has 0 saturated carbocycles. The average Bonchev–Trinajstić information content (AvgIpc) is 3.02. The van der Waals surface area contributed by atoms with Gasteiger partial charge in [-0.1, -0.05) is 22.9 Å². The number of thiazole rings is 1. The summed E-state index contributed by atoms with van der Waals surface area (Å²) in [5.74, 6) is 0. The second-order valence-electron chi connectivity index (χ2n) is 3.95. The molecule has 0 radical (unpaired) electrons. The molecule has 0 bridgehead atoms. The van der Waals surface area contributed by atoms with Crippen LogP contribution in [0.3, 0.4) is 0 Å². The molecule has 3 aromatic rings. The molecule has 0 aliphatic carbocycles. The van der Waals surface area contributed by atoms with Crippen LogP contribution in [0, 0.1) is 10.1 Å². The smallest absolute Gasteiger partial charge is 0.296 e. The van der Waals surface area contributed by atoms with Crippen LogP contribution in [-0.4, -0.2) is 20.8 Å². The highest BCUT2D eigenvalue weighted by molar-refractivity contribution is 7.21. The van der Waals surface area contributed by atoms with Crippen LogP contribution >= 0.6 is 22.9 Å². The Morgan fingerprint density at radius 2 is 2.25 bits per heavy atom. The molecule has 0 N–H and O–H groups in total. The molecule has 0 spiro atoms. The van der Waals surface area contributed by atoms with Gasteiger partial charge in [-0.2, -0.15) is 0 Å². The van der Waals surface area contributed by atoms with Gasteiger partial charge in [-0.15, -0.1) is 0 Å². The van der Waals surface area contributed by atoms with Gasteiger partial charge >= 0.3 is 0 Å². The van der Waals surface area contributed by atoms with E-state index in [2.05, 4.69) is 4.98 Å². The van der Waals surface area contributed by atoms with Gasteiger partial charge in [0.15, 0.2) is 16.9 Å². The third-order valence-electron chi connectivity index (χ3n) is 2.73. The maximum Gasteiger partial charge on any atom is 0.297 e. The van der Waals surface area contributed by atoms with Crippen molar-refractivity contribution in [3.63, 3.8) is 0 Å². The molecule has 2 heterocycles. The lowest BCUT2D eigenvalue weighted by atomic mass is 10.3. The van der Waals surface area contributed by atoms with Gasteiger partial charge in [-0.3, -0.25) is 19.5 Å². The van der Waals surface area contributed by atoms with Crippen molar-refractivity contribution < 1.29 is 9.72 Å². The van der Waals surface area contributed by atoms with E-state index >= 15 is 0 Å². The predicted octanol–water partition coefficient (Wildman–Crippen LogP) is 3.46. The van der Waals surface area contributed by atoms with Crippen molar-refractivity contribution in [2.45, 2.75) is 0 Å². The molecule has 2 aromatic heterocycles. The Labute approximate surface area is 121 Å². The Balaban J connectivity index is 2.28. The van der Waals surface area contributed by atoms with E-state index in [0.29, 0.717) is 21.8 Å². The molecule has 3 rings (SSSR count). The molecule has 6 nitrogen and oxygen atoms in total. The van der Waals surface area contributed by atoms with Crippen molar-refractivity contribution in [1.29, 1.82) is 0 Å². The summed E-state index contributed by atoms with van der Waals surface area (Å²) in [5.41, 5.74) is 0.553. The van der Waals surface area contributed by atoms with Crippen LogP contribution in [-0.2, 0) is 0 Å². The molecule has 0 fully saturated rings. The summed E-state index contributed by atoms with van der Waals surface area (Å²) >= 11 is 7.11. The lowest BCUT2D eigenvalue weighted by molar-refractivity contribution is -0.383. The van der Waals surface area contributed by atoms with E-state index in [1.807, 2.05) is 0 Å². The van der Waals surface area contributed by atoms with E-state index < -0.39 is 4.92 Å². The standard InChI is InChI=1S/C12H6ClN3O3S/c13-7-4-9(16(18)19)11-10(5-7)20-12(14-11)15-3-1-2-8(15)6-17/h1-6H. The molecule has 0 saturated heterocycles. The van der Waals surface area contributed by atoms with Crippen LogP contribution < -0.4 is 0 Å². The van der Waals surface area contributed by atoms with Gasteiger partial charge in [-0.05, 0) is 18.2 Å². The van der Waals surface area contributed by atoms with Crippen LogP contribution in [0.4, 0.5) is 5.69 Å². The summed E-state index contributed by atoms with van der Waals surface area (Å²) in [6, 6.07) is 6.23. The SMILES string of the molecule is O=Cc1cccn1-c1nc2c([N+](=O)[O-])cc(Cl)cc2s1. The quantitative estimate of drug-likeness (QED) is 0.422. The fourth-order valence-electron chi connectivity index (χ4n) is 1.87. The Kier molecular flexibility index (Phi) is 3.00. The first-order valence-electron chi connectivity index (χ1n) is 5.47. The monoisotopic (exact) mass is 307 g/mol. The maximum absolute atomic E-state index is 11.0. The zero-order chi connectivity index (χ0) is 14.3. The molecule has 8 heteroatoms. The van der Waals surface area contributed by atoms with Crippen molar-refractivity contribution >= 4 is 45.1 Å². The first kappa shape index (κ1) is 12.8. The van der Waals surface area contributed by atoms with Gasteiger partial charge in [0.25, 0.3) is 5.69 Å². The number of carbonyl (C=O) groups is 1. The summed E-state index contributed by atoms with van der Waals surface area (Å²) in [5, 5.41) is 11.8. The normalized spacial score (nSPS) is 10.8. The first-order chi connectivity index (χ1) is 9.60. The van der Waals surface area contributed by atoms with Gasteiger partial charge in [0.2, 0.25) is 0 Å². The lowest BCUT2D eigenvalue weighted by Gasteiger charge is -1.97. The average molecular weight is 308 g/mol. The summed E-state index contributed by atoms with van der Waals surface area (Å²) in [7, 11) is 0. The highest BCUT2D eigenvalue weighted by Gasteiger charge is 2.19. The number of hydrogen-bond acceptors (Lipinski definition) is 5. The summed E-state index contributed by atoms with van der Waals surface area (Å²) in [6.07, 6.45) is 2.38. The molecule has 1 aromatic carbocycles. The molecule has 0 atom stereocenters. The van der Waals surface area contributed by atoms with Gasteiger partial charge in [0, 0.05) is 17.3 Å². The topological polar surface area (TPSA) is 78.0 Å². The molecule has 100 valence electrons. The second-order valence-corrected chi connectivity index (χ2v) is 5.39. The fourth-order valence-corrected chi connectivity index (χ4v) is 3.18. The van der Waals surface area contributed by atoms with Gasteiger partial charge in [0.05, 0.1) is 15.3 Å². The maximum atomic E-state index is 11.0. The van der Waals surface area contributed by atoms with Crippen LogP contribution in [0.5, 0.6) is 0 Å². The number of aldehydes is 1. The Hall–Kier alpha value is -2.25. The number of non-ortho nitro benzene ring substituents is 1. The third-order valence-corrected chi connectivity index (χ3v) is 3.95. The number of benzene rings is 1. The summed E-state index contributed by atoms with van der Waals surface area (Å²) in [6.45, 7) is 0. The van der Waals surface area contributed by atoms with Crippen molar-refractivity contribution in [1.82, 2.24) is 9.55 Å². The van der Waals surface area contributed by atoms with E-state index in [9.17, 15) is 14.9 Å². The van der Waals surface area contributed by atoms with E-state index in [1.54, 1.807) is 29.0 Å².